The van der Waals surface area contributed by atoms with Gasteiger partial charge in [-0.15, -0.1) is 0 Å². The Morgan fingerprint density at radius 1 is 1.41 bits per heavy atom. The zero-order chi connectivity index (χ0) is 12.9. The number of ether oxygens (including phenoxy) is 1. The second-order valence-corrected chi connectivity index (χ2v) is 3.75. The quantitative estimate of drug-likeness (QED) is 0.835. The molecule has 0 aromatic carbocycles. The first-order valence-corrected chi connectivity index (χ1v) is 5.06. The molecule has 0 aliphatic rings. The summed E-state index contributed by atoms with van der Waals surface area (Å²) in [6.07, 6.45) is -4.34. The van der Waals surface area contributed by atoms with Gasteiger partial charge in [0.05, 0.1) is 6.54 Å². The van der Waals surface area contributed by atoms with Crippen LogP contribution in [0.4, 0.5) is 13.2 Å². The smallest absolute Gasteiger partial charge is 0.364 e. The SMILES string of the molecule is CC(C)NCc1nc(COCC(F)(F)F)no1. The Morgan fingerprint density at radius 3 is 2.71 bits per heavy atom. The monoisotopic (exact) mass is 253 g/mol. The molecule has 5 nitrogen and oxygen atoms in total. The van der Waals surface area contributed by atoms with Crippen molar-refractivity contribution in [3.63, 3.8) is 0 Å². The number of rotatable bonds is 6. The van der Waals surface area contributed by atoms with Crippen LogP contribution in [0, 0.1) is 0 Å². The third-order valence-electron chi connectivity index (χ3n) is 1.67. The van der Waals surface area contributed by atoms with E-state index in [9.17, 15) is 13.2 Å². The first-order chi connectivity index (χ1) is 7.87. The van der Waals surface area contributed by atoms with Gasteiger partial charge in [-0.2, -0.15) is 18.2 Å². The minimum Gasteiger partial charge on any atom is -0.364 e. The molecule has 17 heavy (non-hydrogen) atoms. The van der Waals surface area contributed by atoms with Crippen molar-refractivity contribution in [2.24, 2.45) is 0 Å². The first-order valence-electron chi connectivity index (χ1n) is 5.06. The Morgan fingerprint density at radius 2 is 2.12 bits per heavy atom. The van der Waals surface area contributed by atoms with Crippen LogP contribution in [0.5, 0.6) is 0 Å². The van der Waals surface area contributed by atoms with Crippen LogP contribution < -0.4 is 5.32 Å². The van der Waals surface area contributed by atoms with Crippen molar-refractivity contribution in [2.75, 3.05) is 6.61 Å². The van der Waals surface area contributed by atoms with Gasteiger partial charge < -0.3 is 14.6 Å². The molecular weight excluding hydrogens is 239 g/mol. The molecule has 1 N–H and O–H groups in total. The second kappa shape index (κ2) is 5.97. The van der Waals surface area contributed by atoms with Gasteiger partial charge in [-0.1, -0.05) is 19.0 Å². The van der Waals surface area contributed by atoms with Gasteiger partial charge in [0, 0.05) is 6.04 Å². The highest BCUT2D eigenvalue weighted by Gasteiger charge is 2.27. The molecule has 0 saturated carbocycles. The molecule has 1 heterocycles. The van der Waals surface area contributed by atoms with E-state index in [1.807, 2.05) is 13.8 Å². The Kier molecular flexibility index (Phi) is 4.88. The minimum absolute atomic E-state index is 0.106. The van der Waals surface area contributed by atoms with Crippen LogP contribution in [0.2, 0.25) is 0 Å². The summed E-state index contributed by atoms with van der Waals surface area (Å²) in [5, 5.41) is 6.53. The van der Waals surface area contributed by atoms with Gasteiger partial charge >= 0.3 is 6.18 Å². The molecule has 0 atom stereocenters. The van der Waals surface area contributed by atoms with Crippen LogP contribution in [0.15, 0.2) is 4.52 Å². The maximum Gasteiger partial charge on any atom is 0.411 e. The Hall–Kier alpha value is -1.15. The molecule has 1 aromatic rings. The van der Waals surface area contributed by atoms with Crippen LogP contribution >= 0.6 is 0 Å². The molecule has 0 unspecified atom stereocenters. The Balaban J connectivity index is 2.31. The number of halogens is 3. The lowest BCUT2D eigenvalue weighted by molar-refractivity contribution is -0.177. The molecule has 0 radical (unpaired) electrons. The number of hydrogen-bond acceptors (Lipinski definition) is 5. The van der Waals surface area contributed by atoms with Gasteiger partial charge in [-0.3, -0.25) is 0 Å². The van der Waals surface area contributed by atoms with Crippen molar-refractivity contribution in [1.29, 1.82) is 0 Å². The lowest BCUT2D eigenvalue weighted by atomic mass is 10.4. The van der Waals surface area contributed by atoms with Crippen LogP contribution in [-0.2, 0) is 17.9 Å². The van der Waals surface area contributed by atoms with Gasteiger partial charge in [0.1, 0.15) is 13.2 Å². The highest BCUT2D eigenvalue weighted by molar-refractivity contribution is 4.84. The number of nitrogens with zero attached hydrogens (tertiary/aromatic N) is 2. The van der Waals surface area contributed by atoms with Gasteiger partial charge in [-0.25, -0.2) is 0 Å². The van der Waals surface area contributed by atoms with Crippen molar-refractivity contribution in [3.8, 4) is 0 Å². The third kappa shape index (κ3) is 6.22. The van der Waals surface area contributed by atoms with Crippen molar-refractivity contribution in [3.05, 3.63) is 11.7 Å². The standard InChI is InChI=1S/C9H14F3N3O2/c1-6(2)13-3-8-14-7(15-17-8)4-16-5-9(10,11)12/h6,13H,3-5H2,1-2H3. The van der Waals surface area contributed by atoms with Crippen molar-refractivity contribution in [1.82, 2.24) is 15.5 Å². The molecule has 1 rings (SSSR count). The number of hydrogen-bond donors (Lipinski definition) is 1. The fraction of sp³-hybridized carbons (Fsp3) is 0.778. The van der Waals surface area contributed by atoms with Crippen LogP contribution in [0.1, 0.15) is 25.6 Å². The third-order valence-corrected chi connectivity index (χ3v) is 1.67. The average molecular weight is 253 g/mol. The van der Waals surface area contributed by atoms with Gasteiger partial charge in [-0.05, 0) is 0 Å². The van der Waals surface area contributed by atoms with E-state index < -0.39 is 12.8 Å². The summed E-state index contributed by atoms with van der Waals surface area (Å²) >= 11 is 0. The molecular formula is C9H14F3N3O2. The fourth-order valence-corrected chi connectivity index (χ4v) is 0.970. The minimum atomic E-state index is -4.34. The number of aromatic nitrogens is 2. The maximum absolute atomic E-state index is 11.8. The topological polar surface area (TPSA) is 60.2 Å². The van der Waals surface area contributed by atoms with E-state index in [0.717, 1.165) is 0 Å². The van der Waals surface area contributed by atoms with Crippen LogP contribution in [0.25, 0.3) is 0 Å². The Bertz CT molecular complexity index is 338. The summed E-state index contributed by atoms with van der Waals surface area (Å²) in [7, 11) is 0. The highest BCUT2D eigenvalue weighted by Crippen LogP contribution is 2.15. The molecule has 1 aromatic heterocycles. The van der Waals surface area contributed by atoms with Crippen molar-refractivity contribution >= 4 is 0 Å². The van der Waals surface area contributed by atoms with Gasteiger partial charge in [0.25, 0.3) is 0 Å². The number of nitrogens with one attached hydrogen (secondary N) is 1. The summed E-state index contributed by atoms with van der Waals surface area (Å²) in [4.78, 5) is 3.87. The molecule has 0 aliphatic heterocycles. The zero-order valence-corrected chi connectivity index (χ0v) is 9.54. The van der Waals surface area contributed by atoms with E-state index in [2.05, 4.69) is 20.2 Å². The van der Waals surface area contributed by atoms with Gasteiger partial charge in [0.15, 0.2) is 5.82 Å². The zero-order valence-electron chi connectivity index (χ0n) is 9.54. The lowest BCUT2D eigenvalue weighted by Gasteiger charge is -2.04. The van der Waals surface area contributed by atoms with E-state index >= 15 is 0 Å². The normalized spacial score (nSPS) is 12.4. The number of alkyl halides is 3. The Labute approximate surface area is 96.3 Å². The molecule has 0 aliphatic carbocycles. The van der Waals surface area contributed by atoms with Crippen molar-refractivity contribution < 1.29 is 22.4 Å². The molecule has 0 fully saturated rings. The van der Waals surface area contributed by atoms with Crippen LogP contribution in [0.3, 0.4) is 0 Å². The van der Waals surface area contributed by atoms with Crippen LogP contribution in [-0.4, -0.2) is 29.0 Å². The molecule has 0 spiro atoms. The predicted octanol–water partition coefficient (Wildman–Crippen LogP) is 1.65. The summed E-state index contributed by atoms with van der Waals surface area (Å²) in [5.41, 5.74) is 0. The highest BCUT2D eigenvalue weighted by atomic mass is 19.4. The summed E-state index contributed by atoms with van der Waals surface area (Å²) in [6.45, 7) is 2.64. The van der Waals surface area contributed by atoms with Crippen molar-refractivity contribution in [2.45, 2.75) is 39.2 Å². The molecule has 8 heteroatoms. The van der Waals surface area contributed by atoms with Gasteiger partial charge in [0.2, 0.25) is 5.89 Å². The van der Waals surface area contributed by atoms with E-state index in [0.29, 0.717) is 12.4 Å². The molecule has 0 bridgehead atoms. The lowest BCUT2D eigenvalue weighted by Crippen LogP contribution is -2.22. The fourth-order valence-electron chi connectivity index (χ4n) is 0.970. The predicted molar refractivity (Wildman–Crippen MR) is 52.0 cm³/mol. The second-order valence-electron chi connectivity index (χ2n) is 3.75. The summed E-state index contributed by atoms with van der Waals surface area (Å²) < 4.78 is 44.5. The average Bonchev–Trinajstić information content (AvgIpc) is 2.61. The van der Waals surface area contributed by atoms with E-state index in [4.69, 9.17) is 4.52 Å². The molecule has 0 amide bonds. The molecule has 98 valence electrons. The first kappa shape index (κ1) is 13.9. The summed E-state index contributed by atoms with van der Waals surface area (Å²) in [6, 6.07) is 0.256. The largest absolute Gasteiger partial charge is 0.411 e. The maximum atomic E-state index is 11.8. The molecule has 0 saturated heterocycles. The summed E-state index contributed by atoms with van der Waals surface area (Å²) in [5.74, 6) is 0.430. The van der Waals surface area contributed by atoms with E-state index in [-0.39, 0.29) is 18.5 Å². The van der Waals surface area contributed by atoms with E-state index in [1.54, 1.807) is 0 Å². The van der Waals surface area contributed by atoms with E-state index in [1.165, 1.54) is 0 Å².